The normalized spacial score (nSPS) is 10.6. The topological polar surface area (TPSA) is 66.0 Å². The molecule has 2 rings (SSSR count). The van der Waals surface area contributed by atoms with Crippen molar-refractivity contribution in [2.45, 2.75) is 33.4 Å². The number of carbonyl (C=O) groups excluding carboxylic acids is 1. The van der Waals surface area contributed by atoms with Gasteiger partial charge in [0.2, 0.25) is 5.91 Å². The van der Waals surface area contributed by atoms with Crippen molar-refractivity contribution in [3.8, 4) is 23.0 Å². The van der Waals surface area contributed by atoms with Gasteiger partial charge in [-0.3, -0.25) is 4.79 Å². The Labute approximate surface area is 182 Å². The molecule has 164 valence electrons. The first-order valence-electron chi connectivity index (χ1n) is 9.34. The number of carbonyl (C=O) groups is 1. The van der Waals surface area contributed by atoms with E-state index in [-0.39, 0.29) is 30.4 Å². The second kappa shape index (κ2) is 11.6. The third-order valence-electron chi connectivity index (χ3n) is 4.00. The molecule has 0 saturated heterocycles. The lowest BCUT2D eigenvalue weighted by Crippen LogP contribution is -2.24. The van der Waals surface area contributed by atoms with E-state index >= 15 is 0 Å². The zero-order valence-corrected chi connectivity index (χ0v) is 18.6. The fraction of sp³-hybridized carbons (Fsp3) is 0.381. The van der Waals surface area contributed by atoms with Gasteiger partial charge in [0, 0.05) is 11.0 Å². The maximum atomic E-state index is 12.4. The Morgan fingerprint density at radius 2 is 1.70 bits per heavy atom. The van der Waals surface area contributed by atoms with E-state index < -0.39 is 6.61 Å². The number of halogens is 3. The van der Waals surface area contributed by atoms with E-state index in [4.69, 9.17) is 14.2 Å². The maximum Gasteiger partial charge on any atom is 0.387 e. The molecule has 2 aromatic rings. The molecule has 0 aliphatic carbocycles. The Morgan fingerprint density at radius 1 is 1.03 bits per heavy atom. The van der Waals surface area contributed by atoms with Crippen LogP contribution in [0.5, 0.6) is 23.0 Å². The van der Waals surface area contributed by atoms with Crippen LogP contribution in [0.4, 0.5) is 8.78 Å². The standard InChI is InChI=1S/C21H24BrF2NO5/c1-4-28-18-9-14(15(22)11-19(18)29-5-2)10-20(26)25-12-13-6-7-16(30-21(23)24)17(8-13)27-3/h6-9,11,21H,4-5,10,12H2,1-3H3,(H,25,26). The van der Waals surface area contributed by atoms with Gasteiger partial charge < -0.3 is 24.3 Å². The summed E-state index contributed by atoms with van der Waals surface area (Å²) >= 11 is 3.47. The summed E-state index contributed by atoms with van der Waals surface area (Å²) in [6.45, 7) is 1.98. The highest BCUT2D eigenvalue weighted by molar-refractivity contribution is 9.10. The number of amides is 1. The first-order chi connectivity index (χ1) is 14.4. The molecule has 0 spiro atoms. The average molecular weight is 488 g/mol. The van der Waals surface area contributed by atoms with Crippen molar-refractivity contribution in [1.82, 2.24) is 5.32 Å². The highest BCUT2D eigenvalue weighted by Crippen LogP contribution is 2.34. The van der Waals surface area contributed by atoms with Crippen LogP contribution >= 0.6 is 15.9 Å². The van der Waals surface area contributed by atoms with Crippen LogP contribution in [0.2, 0.25) is 0 Å². The van der Waals surface area contributed by atoms with Gasteiger partial charge in [0.25, 0.3) is 0 Å². The van der Waals surface area contributed by atoms with Crippen LogP contribution in [0.25, 0.3) is 0 Å². The van der Waals surface area contributed by atoms with E-state index in [2.05, 4.69) is 26.0 Å². The number of hydrogen-bond acceptors (Lipinski definition) is 5. The van der Waals surface area contributed by atoms with E-state index in [1.807, 2.05) is 13.8 Å². The van der Waals surface area contributed by atoms with Crippen LogP contribution in [0, 0.1) is 0 Å². The summed E-state index contributed by atoms with van der Waals surface area (Å²) in [6.07, 6.45) is 0.122. The van der Waals surface area contributed by atoms with Gasteiger partial charge in [-0.2, -0.15) is 8.78 Å². The van der Waals surface area contributed by atoms with Crippen molar-refractivity contribution in [3.63, 3.8) is 0 Å². The minimum atomic E-state index is -2.95. The molecule has 9 heteroatoms. The summed E-state index contributed by atoms with van der Waals surface area (Å²) in [6, 6.07) is 8.06. The van der Waals surface area contributed by atoms with Gasteiger partial charge in [-0.15, -0.1) is 0 Å². The number of rotatable bonds is 11. The smallest absolute Gasteiger partial charge is 0.387 e. The molecule has 0 heterocycles. The molecular formula is C21H24BrF2NO5. The summed E-state index contributed by atoms with van der Waals surface area (Å²) in [7, 11) is 1.36. The van der Waals surface area contributed by atoms with E-state index in [1.54, 1.807) is 18.2 Å². The third-order valence-corrected chi connectivity index (χ3v) is 4.74. The van der Waals surface area contributed by atoms with Gasteiger partial charge in [0.1, 0.15) is 0 Å². The van der Waals surface area contributed by atoms with E-state index in [9.17, 15) is 13.6 Å². The van der Waals surface area contributed by atoms with Gasteiger partial charge in [-0.1, -0.05) is 22.0 Å². The second-order valence-electron chi connectivity index (χ2n) is 6.07. The van der Waals surface area contributed by atoms with E-state index in [0.29, 0.717) is 30.3 Å². The lowest BCUT2D eigenvalue weighted by atomic mass is 10.1. The van der Waals surface area contributed by atoms with Crippen molar-refractivity contribution in [1.29, 1.82) is 0 Å². The summed E-state index contributed by atoms with van der Waals surface area (Å²) in [5.74, 6) is 1.06. The van der Waals surface area contributed by atoms with Crippen molar-refractivity contribution < 1.29 is 32.5 Å². The van der Waals surface area contributed by atoms with E-state index in [0.717, 1.165) is 10.0 Å². The quantitative estimate of drug-likeness (QED) is 0.496. The fourth-order valence-corrected chi connectivity index (χ4v) is 3.16. The lowest BCUT2D eigenvalue weighted by molar-refractivity contribution is -0.120. The SMILES string of the molecule is CCOc1cc(Br)c(CC(=O)NCc2ccc(OC(F)F)c(OC)c2)cc1OCC. The minimum Gasteiger partial charge on any atom is -0.493 e. The van der Waals surface area contributed by atoms with Gasteiger partial charge in [0.05, 0.1) is 26.7 Å². The fourth-order valence-electron chi connectivity index (χ4n) is 2.70. The molecule has 0 saturated carbocycles. The summed E-state index contributed by atoms with van der Waals surface area (Å²) in [5, 5.41) is 2.80. The number of hydrogen-bond donors (Lipinski definition) is 1. The van der Waals surface area contributed by atoms with Crippen LogP contribution in [0.3, 0.4) is 0 Å². The zero-order valence-electron chi connectivity index (χ0n) is 17.0. The molecule has 1 amide bonds. The molecular weight excluding hydrogens is 464 g/mol. The summed E-state index contributed by atoms with van der Waals surface area (Å²) in [5.41, 5.74) is 1.43. The van der Waals surface area contributed by atoms with Gasteiger partial charge in [-0.25, -0.2) is 0 Å². The average Bonchev–Trinajstić information content (AvgIpc) is 2.70. The number of methoxy groups -OCH3 is 1. The van der Waals surface area contributed by atoms with Crippen LogP contribution in [-0.4, -0.2) is 32.8 Å². The molecule has 0 aromatic heterocycles. The predicted octanol–water partition coefficient (Wildman–Crippen LogP) is 4.72. The molecule has 0 aliphatic rings. The van der Waals surface area contributed by atoms with Crippen LogP contribution < -0.4 is 24.3 Å². The first-order valence-corrected chi connectivity index (χ1v) is 10.1. The summed E-state index contributed by atoms with van der Waals surface area (Å²) < 4.78 is 46.2. The number of nitrogens with one attached hydrogen (secondary N) is 1. The first kappa shape index (κ1) is 23.7. The molecule has 2 aromatic carbocycles. The van der Waals surface area contributed by atoms with Crippen LogP contribution in [0.1, 0.15) is 25.0 Å². The third kappa shape index (κ3) is 6.76. The molecule has 0 atom stereocenters. The van der Waals surface area contributed by atoms with Crippen LogP contribution in [0.15, 0.2) is 34.8 Å². The molecule has 6 nitrogen and oxygen atoms in total. The zero-order chi connectivity index (χ0) is 22.1. The van der Waals surface area contributed by atoms with Gasteiger partial charge >= 0.3 is 6.61 Å². The number of alkyl halides is 2. The monoisotopic (exact) mass is 487 g/mol. The summed E-state index contributed by atoms with van der Waals surface area (Å²) in [4.78, 5) is 12.4. The molecule has 0 bridgehead atoms. The van der Waals surface area contributed by atoms with Crippen molar-refractivity contribution in [2.24, 2.45) is 0 Å². The van der Waals surface area contributed by atoms with E-state index in [1.165, 1.54) is 19.2 Å². The molecule has 1 N–H and O–H groups in total. The number of benzene rings is 2. The van der Waals surface area contributed by atoms with Crippen molar-refractivity contribution in [2.75, 3.05) is 20.3 Å². The Morgan fingerprint density at radius 3 is 2.30 bits per heavy atom. The number of ether oxygens (including phenoxy) is 4. The molecule has 0 fully saturated rings. The van der Waals surface area contributed by atoms with Crippen LogP contribution in [-0.2, 0) is 17.8 Å². The second-order valence-corrected chi connectivity index (χ2v) is 6.93. The maximum absolute atomic E-state index is 12.4. The van der Waals surface area contributed by atoms with Crippen molar-refractivity contribution >= 4 is 21.8 Å². The minimum absolute atomic E-state index is 0.0654. The molecule has 0 aliphatic heterocycles. The predicted molar refractivity (Wildman–Crippen MR) is 112 cm³/mol. The molecule has 30 heavy (non-hydrogen) atoms. The Kier molecular flexibility index (Phi) is 9.16. The Balaban J connectivity index is 2.04. The highest BCUT2D eigenvalue weighted by Gasteiger charge is 2.15. The Hall–Kier alpha value is -2.55. The van der Waals surface area contributed by atoms with Crippen molar-refractivity contribution in [3.05, 3.63) is 45.9 Å². The van der Waals surface area contributed by atoms with Gasteiger partial charge in [-0.05, 0) is 49.2 Å². The highest BCUT2D eigenvalue weighted by atomic mass is 79.9. The molecule has 0 radical (unpaired) electrons. The lowest BCUT2D eigenvalue weighted by Gasteiger charge is -2.14. The Bertz CT molecular complexity index is 864. The molecule has 0 unspecified atom stereocenters. The van der Waals surface area contributed by atoms with Gasteiger partial charge in [0.15, 0.2) is 23.0 Å². The largest absolute Gasteiger partial charge is 0.493 e.